The van der Waals surface area contributed by atoms with E-state index < -0.39 is 34.7 Å². The smallest absolute Gasteiger partial charge is 0.356 e. The lowest BCUT2D eigenvalue weighted by Gasteiger charge is -2.20. The van der Waals surface area contributed by atoms with Crippen LogP contribution in [0.15, 0.2) is 118 Å². The van der Waals surface area contributed by atoms with Crippen molar-refractivity contribution in [2.75, 3.05) is 10.6 Å². The summed E-state index contributed by atoms with van der Waals surface area (Å²) in [6.45, 7) is 5.42. The first-order chi connectivity index (χ1) is 33.0. The van der Waals surface area contributed by atoms with Crippen LogP contribution in [0.25, 0.3) is 22.3 Å². The lowest BCUT2D eigenvalue weighted by Crippen LogP contribution is -2.25. The predicted molar refractivity (Wildman–Crippen MR) is 273 cm³/mol. The number of carboxylic acid groups (broad SMARTS) is 2. The maximum absolute atomic E-state index is 12.9. The van der Waals surface area contributed by atoms with Gasteiger partial charge in [0.2, 0.25) is 0 Å². The number of hydrogen-bond donors (Lipinski definition) is 4. The third-order valence-corrected chi connectivity index (χ3v) is 11.9. The molecule has 0 unspecified atom stereocenters. The van der Waals surface area contributed by atoms with Crippen LogP contribution in [0.4, 0.5) is 10.0 Å². The quantitative estimate of drug-likeness (QED) is 0.0736. The highest BCUT2D eigenvalue weighted by Gasteiger charge is 2.27. The van der Waals surface area contributed by atoms with Crippen molar-refractivity contribution in [2.24, 2.45) is 28.2 Å². The summed E-state index contributed by atoms with van der Waals surface area (Å²) in [4.78, 5) is 85.2. The molecule has 0 saturated heterocycles. The predicted octanol–water partition coefficient (Wildman–Crippen LogP) is 9.90. The van der Waals surface area contributed by atoms with Crippen LogP contribution in [0.1, 0.15) is 83.4 Å². The second kappa shape index (κ2) is 24.0. The number of hydrogen-bond acceptors (Lipinski definition) is 13. The lowest BCUT2D eigenvalue weighted by atomic mass is 10.0. The van der Waals surface area contributed by atoms with E-state index in [1.807, 2.05) is 74.7 Å². The van der Waals surface area contributed by atoms with Crippen molar-refractivity contribution in [2.45, 2.75) is 26.4 Å². The first-order valence-corrected chi connectivity index (χ1v) is 23.9. The molecule has 0 aliphatic heterocycles. The molecular formula is C46H43Br2ClN10O9S2. The standard InChI is InChI=1S/C20H20BrN3O3S.C16H12BrN3O3S.C5H5ClN2O.C5H6N2O2/c1-20(2,3)27-19(26)16-14(12-5-7-13(21)8-6-12)10-28-18(16)23-17(25)15-9-24(4)11-22-15;1-20-6-12(18-8-20)14(21)19-15-13(16(22)23)11(7-24-15)9-2-4-10(17)5-3-9;1-8-2-4(5(6)9)7-3-8;1-7-2-4(5(8)9)6-3-7/h5-11H,1-4H3,(H,23,25);2-8H,1H3,(H,19,21)(H,22,23);2-3H,1H3;2-3H,1H3,(H,8,9). The molecule has 0 aliphatic carbocycles. The molecule has 2 aromatic carbocycles. The van der Waals surface area contributed by atoms with Crippen molar-refractivity contribution in [3.05, 3.63) is 152 Å². The van der Waals surface area contributed by atoms with Crippen LogP contribution in [-0.2, 0) is 32.9 Å². The van der Waals surface area contributed by atoms with Crippen LogP contribution in [0.2, 0.25) is 0 Å². The molecule has 2 amide bonds. The van der Waals surface area contributed by atoms with Crippen molar-refractivity contribution >= 4 is 111 Å². The van der Waals surface area contributed by atoms with Gasteiger partial charge in [0, 0.05) is 83.8 Å². The number of esters is 1. The Morgan fingerprint density at radius 3 is 1.23 bits per heavy atom. The van der Waals surface area contributed by atoms with E-state index in [1.54, 1.807) is 76.8 Å². The number of carboxylic acids is 2. The van der Waals surface area contributed by atoms with E-state index in [2.05, 4.69) is 62.4 Å². The minimum Gasteiger partial charge on any atom is -0.478 e. The van der Waals surface area contributed by atoms with Gasteiger partial charge in [0.15, 0.2) is 5.69 Å². The van der Waals surface area contributed by atoms with Crippen molar-refractivity contribution in [1.29, 1.82) is 0 Å². The molecule has 70 heavy (non-hydrogen) atoms. The summed E-state index contributed by atoms with van der Waals surface area (Å²) in [5.41, 5.74) is 3.54. The second-order valence-corrected chi connectivity index (χ2v) is 19.6. The molecule has 0 spiro atoms. The van der Waals surface area contributed by atoms with Crippen LogP contribution in [0.3, 0.4) is 0 Å². The number of thiophene rings is 2. The fourth-order valence-electron chi connectivity index (χ4n) is 5.76. The largest absolute Gasteiger partial charge is 0.478 e. The number of aromatic carboxylic acids is 2. The van der Waals surface area contributed by atoms with E-state index >= 15 is 0 Å². The average Bonchev–Trinajstić information content (AvgIpc) is 4.16. The summed E-state index contributed by atoms with van der Waals surface area (Å²) < 4.78 is 14.0. The third kappa shape index (κ3) is 15.2. The van der Waals surface area contributed by atoms with Gasteiger partial charge in [-0.05, 0) is 67.8 Å². The number of amides is 2. The van der Waals surface area contributed by atoms with E-state index in [-0.39, 0.29) is 33.6 Å². The van der Waals surface area contributed by atoms with Crippen LogP contribution in [0, 0.1) is 0 Å². The molecule has 24 heteroatoms. The number of carbonyl (C=O) groups excluding carboxylic acids is 4. The Hall–Kier alpha value is -7.05. The molecule has 0 fully saturated rings. The molecule has 0 bridgehead atoms. The molecule has 364 valence electrons. The van der Waals surface area contributed by atoms with Gasteiger partial charge < -0.3 is 43.9 Å². The Morgan fingerprint density at radius 1 is 0.571 bits per heavy atom. The molecule has 0 saturated carbocycles. The summed E-state index contributed by atoms with van der Waals surface area (Å²) in [6, 6.07) is 14.9. The number of benzene rings is 2. The zero-order chi connectivity index (χ0) is 51.4. The first kappa shape index (κ1) is 53.9. The molecule has 8 rings (SSSR count). The van der Waals surface area contributed by atoms with Crippen LogP contribution < -0.4 is 10.6 Å². The van der Waals surface area contributed by atoms with Crippen molar-refractivity contribution in [3.63, 3.8) is 0 Å². The third-order valence-electron chi connectivity index (χ3n) is 8.87. The summed E-state index contributed by atoms with van der Waals surface area (Å²) in [7, 11) is 7.03. The maximum atomic E-state index is 12.9. The highest BCUT2D eigenvalue weighted by molar-refractivity contribution is 9.10. The molecular weight excluding hydrogens is 1100 g/mol. The molecule has 0 radical (unpaired) electrons. The fourth-order valence-corrected chi connectivity index (χ4v) is 8.29. The number of aryl methyl sites for hydroxylation is 4. The summed E-state index contributed by atoms with van der Waals surface area (Å²) in [5, 5.41) is 27.1. The van der Waals surface area contributed by atoms with Crippen molar-refractivity contribution in [3.8, 4) is 22.3 Å². The molecule has 6 aromatic heterocycles. The van der Waals surface area contributed by atoms with E-state index in [0.29, 0.717) is 27.4 Å². The van der Waals surface area contributed by atoms with E-state index in [1.165, 1.54) is 47.9 Å². The monoisotopic (exact) mass is 1140 g/mol. The Kier molecular flexibility index (Phi) is 18.5. The van der Waals surface area contributed by atoms with Gasteiger partial charge >= 0.3 is 17.9 Å². The van der Waals surface area contributed by atoms with Gasteiger partial charge in [0.05, 0.1) is 25.3 Å². The molecule has 6 heterocycles. The molecule has 4 N–H and O–H groups in total. The first-order valence-electron chi connectivity index (χ1n) is 20.2. The van der Waals surface area contributed by atoms with Crippen molar-refractivity contribution in [1.82, 2.24) is 38.2 Å². The summed E-state index contributed by atoms with van der Waals surface area (Å²) >= 11 is 14.3. The Balaban J connectivity index is 0.000000194. The number of halogens is 3. The van der Waals surface area contributed by atoms with Crippen LogP contribution in [-0.4, -0.2) is 89.0 Å². The highest BCUT2D eigenvalue weighted by Crippen LogP contribution is 2.38. The van der Waals surface area contributed by atoms with Gasteiger partial charge in [-0.3, -0.25) is 14.4 Å². The van der Waals surface area contributed by atoms with E-state index in [9.17, 15) is 33.9 Å². The molecule has 0 atom stereocenters. The Labute approximate surface area is 430 Å². The number of nitrogens with zero attached hydrogens (tertiary/aromatic N) is 8. The van der Waals surface area contributed by atoms with Gasteiger partial charge in [-0.1, -0.05) is 56.1 Å². The van der Waals surface area contributed by atoms with Gasteiger partial charge in [-0.25, -0.2) is 34.3 Å². The number of rotatable bonds is 10. The van der Waals surface area contributed by atoms with Gasteiger partial charge in [-0.15, -0.1) is 22.7 Å². The number of aromatic nitrogens is 8. The minimum absolute atomic E-state index is 0.0756. The maximum Gasteiger partial charge on any atom is 0.356 e. The normalized spacial score (nSPS) is 10.6. The number of anilines is 2. The zero-order valence-corrected chi connectivity index (χ0v) is 43.7. The highest BCUT2D eigenvalue weighted by atomic mass is 79.9. The van der Waals surface area contributed by atoms with Gasteiger partial charge in [0.25, 0.3) is 17.1 Å². The van der Waals surface area contributed by atoms with Gasteiger partial charge in [-0.2, -0.15) is 0 Å². The molecule has 0 aliphatic rings. The zero-order valence-electron chi connectivity index (χ0n) is 38.2. The van der Waals surface area contributed by atoms with E-state index in [4.69, 9.17) is 21.4 Å². The van der Waals surface area contributed by atoms with Gasteiger partial charge in [0.1, 0.15) is 43.8 Å². The minimum atomic E-state index is -1.09. The fraction of sp³-hybridized carbons (Fsp3) is 0.174. The second-order valence-electron chi connectivity index (χ2n) is 15.7. The topological polar surface area (TPSA) is 247 Å². The van der Waals surface area contributed by atoms with Crippen LogP contribution in [0.5, 0.6) is 0 Å². The number of ether oxygens (including phenoxy) is 1. The van der Waals surface area contributed by atoms with Crippen molar-refractivity contribution < 1.29 is 43.7 Å². The number of imidazole rings is 4. The molecule has 8 aromatic rings. The number of carbonyl (C=O) groups is 6. The molecule has 19 nitrogen and oxygen atoms in total. The summed E-state index contributed by atoms with van der Waals surface area (Å²) in [5.74, 6) is -3.39. The Morgan fingerprint density at radius 2 is 0.929 bits per heavy atom. The Bertz CT molecular complexity index is 3100. The van der Waals surface area contributed by atoms with Crippen LogP contribution >= 0.6 is 66.1 Å². The SMILES string of the molecule is Cn1cnc(C(=O)Cl)c1.Cn1cnc(C(=O)Nc2scc(-c3ccc(Br)cc3)c2C(=O)O)c1.Cn1cnc(C(=O)Nc2scc(-c3ccc(Br)cc3)c2C(=O)OC(C)(C)C)c1.Cn1cnc(C(=O)O)c1. The number of nitrogens with one attached hydrogen (secondary N) is 2. The average molecular weight is 1140 g/mol. The summed E-state index contributed by atoms with van der Waals surface area (Å²) in [6.07, 6.45) is 12.2. The lowest BCUT2D eigenvalue weighted by molar-refractivity contribution is 0.00714. The van der Waals surface area contributed by atoms with E-state index in [0.717, 1.165) is 20.1 Å².